The highest BCUT2D eigenvalue weighted by molar-refractivity contribution is 5.68. The Balaban J connectivity index is 2.29. The van der Waals surface area contributed by atoms with Crippen LogP contribution < -0.4 is 15.8 Å². The molecule has 0 aromatic heterocycles. The van der Waals surface area contributed by atoms with Crippen LogP contribution >= 0.6 is 0 Å². The van der Waals surface area contributed by atoms with Crippen molar-refractivity contribution < 1.29 is 32.4 Å². The normalized spacial score (nSPS) is 11.2. The minimum absolute atomic E-state index is 0.0286. The molecule has 8 nitrogen and oxygen atoms in total. The fourth-order valence-corrected chi connectivity index (χ4v) is 2.36. The molecule has 0 unspecified atom stereocenters. The number of alkyl halides is 3. The zero-order valence-electron chi connectivity index (χ0n) is 17.4. The maximum absolute atomic E-state index is 13.0. The van der Waals surface area contributed by atoms with Crippen molar-refractivity contribution in [1.82, 2.24) is 5.32 Å². The van der Waals surface area contributed by atoms with E-state index in [1.165, 1.54) is 12.1 Å². The van der Waals surface area contributed by atoms with Gasteiger partial charge in [0, 0.05) is 23.9 Å². The molecule has 0 bridgehead atoms. The zero-order valence-corrected chi connectivity index (χ0v) is 17.4. The number of nitrogens with two attached hydrogens (primary N) is 1. The second kappa shape index (κ2) is 9.47. The summed E-state index contributed by atoms with van der Waals surface area (Å²) in [6, 6.07) is 6.12. The van der Waals surface area contributed by atoms with E-state index in [0.717, 1.165) is 24.3 Å². The number of nitrogen functional groups attached to an aromatic ring is 1. The van der Waals surface area contributed by atoms with Crippen molar-refractivity contribution in [3.05, 3.63) is 57.6 Å². The fraction of sp³-hybridized carbons (Fsp3) is 0.286. The number of ether oxygens (including phenoxy) is 2. The van der Waals surface area contributed by atoms with Gasteiger partial charge in [-0.15, -0.1) is 0 Å². The first-order valence-electron chi connectivity index (χ1n) is 9.14. The summed E-state index contributed by atoms with van der Waals surface area (Å²) in [5, 5.41) is 13.5. The van der Waals surface area contributed by atoms with Crippen LogP contribution in [0.4, 0.5) is 29.3 Å². The van der Waals surface area contributed by atoms with Crippen LogP contribution in [0.2, 0.25) is 0 Å². The second-order valence-corrected chi connectivity index (χ2v) is 7.49. The number of rotatable bonds is 4. The highest BCUT2D eigenvalue weighted by Crippen LogP contribution is 2.36. The van der Waals surface area contributed by atoms with Crippen LogP contribution in [-0.2, 0) is 10.9 Å². The van der Waals surface area contributed by atoms with Gasteiger partial charge in [-0.1, -0.05) is 11.8 Å². The van der Waals surface area contributed by atoms with Crippen molar-refractivity contribution >= 4 is 17.5 Å². The lowest BCUT2D eigenvalue weighted by atomic mass is 10.1. The maximum atomic E-state index is 13.0. The molecule has 2 aromatic carbocycles. The molecule has 2 rings (SSSR count). The van der Waals surface area contributed by atoms with Gasteiger partial charge in [-0.2, -0.15) is 13.2 Å². The van der Waals surface area contributed by atoms with E-state index in [4.69, 9.17) is 15.2 Å². The minimum atomic E-state index is -4.64. The Hall–Kier alpha value is -3.94. The van der Waals surface area contributed by atoms with Crippen molar-refractivity contribution in [2.24, 2.45) is 0 Å². The molecule has 0 heterocycles. The summed E-state index contributed by atoms with van der Waals surface area (Å²) in [4.78, 5) is 22.1. The first-order chi connectivity index (χ1) is 14.7. The van der Waals surface area contributed by atoms with Gasteiger partial charge in [-0.05, 0) is 39.0 Å². The molecule has 0 fully saturated rings. The number of nitrogens with zero attached hydrogens (tertiary/aromatic N) is 1. The van der Waals surface area contributed by atoms with Crippen molar-refractivity contribution in [3.63, 3.8) is 0 Å². The summed E-state index contributed by atoms with van der Waals surface area (Å²) < 4.78 is 49.6. The molecule has 0 saturated heterocycles. The number of carbonyl (C=O) groups excluding carboxylic acids is 1. The van der Waals surface area contributed by atoms with E-state index in [-0.39, 0.29) is 35.0 Å². The number of carbonyl (C=O) groups is 1. The quantitative estimate of drug-likeness (QED) is 0.297. The van der Waals surface area contributed by atoms with Gasteiger partial charge in [0.25, 0.3) is 5.69 Å². The summed E-state index contributed by atoms with van der Waals surface area (Å²) in [5.41, 5.74) is 3.37. The van der Waals surface area contributed by atoms with Crippen molar-refractivity contribution in [2.75, 3.05) is 12.3 Å². The summed E-state index contributed by atoms with van der Waals surface area (Å²) >= 11 is 0. The van der Waals surface area contributed by atoms with Crippen molar-refractivity contribution in [1.29, 1.82) is 0 Å². The number of non-ortho nitro benzene ring substituents is 1. The van der Waals surface area contributed by atoms with Gasteiger partial charge in [-0.25, -0.2) is 4.79 Å². The smallest absolute Gasteiger partial charge is 0.416 e. The number of hydrogen-bond donors (Lipinski definition) is 2. The third-order valence-electron chi connectivity index (χ3n) is 3.60. The van der Waals surface area contributed by atoms with Gasteiger partial charge in [0.2, 0.25) is 0 Å². The molecule has 0 aliphatic heterocycles. The number of anilines is 1. The van der Waals surface area contributed by atoms with Crippen LogP contribution in [0.5, 0.6) is 11.5 Å². The summed E-state index contributed by atoms with van der Waals surface area (Å²) in [5.74, 6) is 4.94. The molecule has 32 heavy (non-hydrogen) atoms. The Morgan fingerprint density at radius 3 is 2.47 bits per heavy atom. The Morgan fingerprint density at radius 2 is 1.88 bits per heavy atom. The standard InChI is InChI=1S/C21H20F3N3O5/c1-20(2,3)32-19(28)26-8-4-5-13-9-16(27(29)30)6-7-18(13)31-17-11-14(21(22,23)24)10-15(25)12-17/h6-7,9-12H,8,25H2,1-3H3,(H,26,28). The van der Waals surface area contributed by atoms with E-state index < -0.39 is 28.4 Å². The van der Waals surface area contributed by atoms with Crippen molar-refractivity contribution in [3.8, 4) is 23.3 Å². The predicted octanol–water partition coefficient (Wildman–Crippen LogP) is 4.86. The van der Waals surface area contributed by atoms with E-state index in [1.54, 1.807) is 20.8 Å². The van der Waals surface area contributed by atoms with Gasteiger partial charge < -0.3 is 20.5 Å². The summed E-state index contributed by atoms with van der Waals surface area (Å²) in [7, 11) is 0. The topological polar surface area (TPSA) is 117 Å². The SMILES string of the molecule is CC(C)(C)OC(=O)NCC#Cc1cc([N+](=O)[O-])ccc1Oc1cc(N)cc(C(F)(F)F)c1. The van der Waals surface area contributed by atoms with E-state index in [0.29, 0.717) is 0 Å². The molecule has 0 saturated carbocycles. The van der Waals surface area contributed by atoms with Crippen LogP contribution in [0.15, 0.2) is 36.4 Å². The number of nitrogens with one attached hydrogen (secondary N) is 1. The second-order valence-electron chi connectivity index (χ2n) is 7.49. The molecule has 2 aromatic rings. The average Bonchev–Trinajstić information content (AvgIpc) is 2.63. The summed E-state index contributed by atoms with van der Waals surface area (Å²) in [6.07, 6.45) is -5.35. The Morgan fingerprint density at radius 1 is 1.19 bits per heavy atom. The van der Waals surface area contributed by atoms with Crippen LogP contribution in [-0.4, -0.2) is 23.2 Å². The summed E-state index contributed by atoms with van der Waals surface area (Å²) in [6.45, 7) is 4.91. The molecule has 0 spiro atoms. The van der Waals surface area contributed by atoms with Gasteiger partial charge in [0.15, 0.2) is 0 Å². The molecule has 11 heteroatoms. The fourth-order valence-electron chi connectivity index (χ4n) is 2.36. The molecular formula is C21H20F3N3O5. The van der Waals surface area contributed by atoms with Crippen LogP contribution in [0.3, 0.4) is 0 Å². The third kappa shape index (κ3) is 7.39. The number of halogens is 3. The number of alkyl carbamates (subject to hydrolysis) is 1. The largest absolute Gasteiger partial charge is 0.456 e. The van der Waals surface area contributed by atoms with Crippen LogP contribution in [0, 0.1) is 22.0 Å². The highest BCUT2D eigenvalue weighted by Gasteiger charge is 2.31. The van der Waals surface area contributed by atoms with E-state index in [9.17, 15) is 28.1 Å². The Bertz CT molecular complexity index is 1080. The molecular weight excluding hydrogens is 431 g/mol. The lowest BCUT2D eigenvalue weighted by Crippen LogP contribution is -2.32. The molecule has 1 amide bonds. The Kier molecular flexibility index (Phi) is 7.20. The molecule has 0 aliphatic carbocycles. The van der Waals surface area contributed by atoms with Gasteiger partial charge in [0.05, 0.1) is 22.6 Å². The average molecular weight is 451 g/mol. The van der Waals surface area contributed by atoms with Crippen LogP contribution in [0.25, 0.3) is 0 Å². The maximum Gasteiger partial charge on any atom is 0.416 e. The van der Waals surface area contributed by atoms with E-state index in [2.05, 4.69) is 17.2 Å². The number of benzene rings is 2. The van der Waals surface area contributed by atoms with E-state index >= 15 is 0 Å². The molecule has 0 radical (unpaired) electrons. The molecule has 0 aliphatic rings. The van der Waals surface area contributed by atoms with Crippen LogP contribution in [0.1, 0.15) is 31.9 Å². The minimum Gasteiger partial charge on any atom is -0.456 e. The van der Waals surface area contributed by atoms with Gasteiger partial charge >= 0.3 is 12.3 Å². The monoisotopic (exact) mass is 451 g/mol. The van der Waals surface area contributed by atoms with Gasteiger partial charge in [-0.3, -0.25) is 10.1 Å². The lowest BCUT2D eigenvalue weighted by molar-refractivity contribution is -0.384. The lowest BCUT2D eigenvalue weighted by Gasteiger charge is -2.19. The Labute approximate surface area is 181 Å². The first-order valence-corrected chi connectivity index (χ1v) is 9.14. The van der Waals surface area contributed by atoms with Gasteiger partial charge in [0.1, 0.15) is 17.1 Å². The third-order valence-corrected chi connectivity index (χ3v) is 3.60. The first kappa shape index (κ1) is 24.3. The highest BCUT2D eigenvalue weighted by atomic mass is 19.4. The zero-order chi connectivity index (χ0) is 24.1. The number of nitro benzene ring substituents is 1. The molecule has 170 valence electrons. The number of amides is 1. The number of hydrogen-bond acceptors (Lipinski definition) is 6. The predicted molar refractivity (Wildman–Crippen MR) is 110 cm³/mol. The molecule has 3 N–H and O–H groups in total. The van der Waals surface area contributed by atoms with E-state index in [1.807, 2.05) is 0 Å². The number of nitro groups is 1. The molecule has 0 atom stereocenters. The van der Waals surface area contributed by atoms with Crippen molar-refractivity contribution in [2.45, 2.75) is 32.5 Å².